The van der Waals surface area contributed by atoms with Crippen LogP contribution in [0.5, 0.6) is 0 Å². The van der Waals surface area contributed by atoms with Gasteiger partial charge >= 0.3 is 35.2 Å². The molecule has 0 aromatic heterocycles. The molecule has 0 spiro atoms. The topological polar surface area (TPSA) is 126 Å². The monoisotopic (exact) mass is 948 g/mol. The van der Waals surface area contributed by atoms with Gasteiger partial charge in [-0.1, -0.05) is 48.0 Å². The molecule has 2 atom stereocenters. The number of hydrogen-bond acceptors (Lipinski definition) is 8. The van der Waals surface area contributed by atoms with Crippen molar-refractivity contribution in [1.29, 1.82) is 0 Å². The summed E-state index contributed by atoms with van der Waals surface area (Å²) in [5.74, 6) is 0.635. The number of ketones is 1. The first-order chi connectivity index (χ1) is 23.8. The fourth-order valence-electron chi connectivity index (χ4n) is 7.12. The van der Waals surface area contributed by atoms with Gasteiger partial charge in [0.05, 0.1) is 23.3 Å². The molecule has 0 radical (unpaired) electrons. The third-order valence-electron chi connectivity index (χ3n) is 10.2. The second-order valence-electron chi connectivity index (χ2n) is 16.2. The minimum absolute atomic E-state index is 0. The number of carbonyl (C=O) groups is 3. The molecule has 1 saturated carbocycles. The Morgan fingerprint density at radius 3 is 1.35 bits per heavy atom. The summed E-state index contributed by atoms with van der Waals surface area (Å²) in [6.45, 7) is 29.0. The van der Waals surface area contributed by atoms with E-state index in [1.807, 2.05) is 55.4 Å². The molecule has 0 aromatic rings. The average Bonchev–Trinajstić information content (AvgIpc) is 3.91. The van der Waals surface area contributed by atoms with Crippen LogP contribution >= 0.6 is 40.5 Å². The van der Waals surface area contributed by atoms with Crippen LogP contribution in [0.15, 0.2) is 0 Å². The predicted octanol–water partition coefficient (Wildman–Crippen LogP) is 6.87. The summed E-state index contributed by atoms with van der Waals surface area (Å²) in [6.07, 6.45) is 13.6. The molecule has 3 saturated heterocycles. The van der Waals surface area contributed by atoms with Crippen molar-refractivity contribution in [1.82, 2.24) is 9.80 Å². The zero-order valence-electron chi connectivity index (χ0n) is 37.5. The molecule has 3 heterocycles. The van der Waals surface area contributed by atoms with Crippen molar-refractivity contribution in [3.8, 4) is 0 Å². The van der Waals surface area contributed by atoms with Gasteiger partial charge in [0.15, 0.2) is 5.78 Å². The molecule has 0 aromatic carbocycles. The molecular weight excluding hydrogens is 861 g/mol. The SMILES string of the molecule is C.C1CCOC1.CC(=O)[C@@H]1CCCN1C(=O)OC(C)(C)C.CCC(O)(CC)C1CCCC1.CCC(O)(CC)[C@@H]1CCCN1C(=O)OC(C)(C)C.S.S.S.[Br-].[CH2-]C.[Mg+2]. The van der Waals surface area contributed by atoms with Gasteiger partial charge in [-0.2, -0.15) is 47.4 Å². The average molecular weight is 951 g/mol. The largest absolute Gasteiger partial charge is 2.00 e. The Morgan fingerprint density at radius 2 is 1.02 bits per heavy atom. The van der Waals surface area contributed by atoms with E-state index in [1.165, 1.54) is 50.3 Å². The molecule has 3 aliphatic heterocycles. The first kappa shape index (κ1) is 71.9. The van der Waals surface area contributed by atoms with Crippen molar-refractivity contribution >= 4 is 81.5 Å². The van der Waals surface area contributed by atoms with Gasteiger partial charge in [0, 0.05) is 26.3 Å². The van der Waals surface area contributed by atoms with E-state index in [9.17, 15) is 24.6 Å². The molecule has 342 valence electrons. The number of likely N-dealkylation sites (tertiary alicyclic amines) is 2. The smallest absolute Gasteiger partial charge is 1.00 e. The second kappa shape index (κ2) is 35.9. The number of hydrogen-bond donors (Lipinski definition) is 2. The maximum absolute atomic E-state index is 12.1. The Morgan fingerprint density at radius 1 is 0.649 bits per heavy atom. The Kier molecular flexibility index (Phi) is 45.3. The number of nitrogens with zero attached hydrogens (tertiary/aromatic N) is 2. The van der Waals surface area contributed by atoms with E-state index < -0.39 is 16.8 Å². The minimum Gasteiger partial charge on any atom is -1.00 e. The van der Waals surface area contributed by atoms with Crippen LogP contribution in [0.25, 0.3) is 0 Å². The van der Waals surface area contributed by atoms with Crippen LogP contribution in [0.2, 0.25) is 0 Å². The molecule has 2 N–H and O–H groups in total. The Hall–Kier alpha value is 0.386. The molecule has 1 aliphatic carbocycles. The Bertz CT molecular complexity index is 995. The van der Waals surface area contributed by atoms with Gasteiger partial charge in [-0.05, 0) is 131 Å². The van der Waals surface area contributed by atoms with Gasteiger partial charge in [-0.3, -0.25) is 9.69 Å². The summed E-state index contributed by atoms with van der Waals surface area (Å²) in [4.78, 5) is 38.4. The minimum atomic E-state index is -0.784. The van der Waals surface area contributed by atoms with Crippen LogP contribution < -0.4 is 17.0 Å². The molecule has 4 fully saturated rings. The fraction of sp³-hybridized carbons (Fsp3) is 0.905. The molecule has 4 aliphatic rings. The summed E-state index contributed by atoms with van der Waals surface area (Å²) in [5.41, 5.74) is -2.11. The number of amides is 2. The number of halogens is 1. The van der Waals surface area contributed by atoms with E-state index in [1.54, 1.807) is 11.8 Å². The van der Waals surface area contributed by atoms with Gasteiger partial charge < -0.3 is 53.2 Å². The number of ether oxygens (including phenoxy) is 3. The standard InChI is InChI=1S/C14H27NO3.C11H19NO3.C10H20O.C4H8O.C2H5.CH4.BrH.Mg.3H2S/c1-6-14(17,7-2)11-9-8-10-15(11)12(16)18-13(3,4)5;1-8(13)9-6-5-7-12(9)10(14)15-11(2,3)4;1-3-10(11,4-2)9-7-5-6-8-9;1-2-4-5-3-1;1-2;;;;;;/h11,17H,6-10H2,1-5H3;9H,5-7H2,1-4H3;9,11H,3-8H2,1-2H3;1-4H2;1H2,2H3;1H4;1H;;3*1H2/q;;;;-1;;;+2;;;/p-1/t11-;9-;;;;;;;;;/m00........./s1. The summed E-state index contributed by atoms with van der Waals surface area (Å²) in [6, 6.07) is -0.387. The van der Waals surface area contributed by atoms with Gasteiger partial charge in [0.25, 0.3) is 0 Å². The third kappa shape index (κ3) is 27.1. The molecular formula is C42H89BrMgN2O8S3. The molecule has 0 bridgehead atoms. The summed E-state index contributed by atoms with van der Waals surface area (Å²) in [5, 5.41) is 20.7. The molecule has 0 unspecified atom stereocenters. The normalized spacial score (nSPS) is 18.6. The van der Waals surface area contributed by atoms with E-state index in [-0.39, 0.29) is 124 Å². The van der Waals surface area contributed by atoms with Crippen molar-refractivity contribution in [3.63, 3.8) is 0 Å². The number of Topliss-reactive ketones (excluding diaryl/α,β-unsaturated/α-hetero) is 1. The van der Waals surface area contributed by atoms with E-state index >= 15 is 0 Å². The van der Waals surface area contributed by atoms with Crippen LogP contribution in [0.1, 0.15) is 180 Å². The van der Waals surface area contributed by atoms with E-state index in [0.717, 1.165) is 51.7 Å². The third-order valence-corrected chi connectivity index (χ3v) is 10.2. The van der Waals surface area contributed by atoms with Crippen molar-refractivity contribution in [2.24, 2.45) is 5.92 Å². The van der Waals surface area contributed by atoms with Crippen LogP contribution in [0.3, 0.4) is 0 Å². The van der Waals surface area contributed by atoms with Crippen LogP contribution in [0, 0.1) is 12.8 Å². The molecule has 2 amide bonds. The number of carbonyl (C=O) groups excluding carboxylic acids is 3. The van der Waals surface area contributed by atoms with Crippen LogP contribution in [-0.2, 0) is 19.0 Å². The summed E-state index contributed by atoms with van der Waals surface area (Å²) in [7, 11) is 0. The van der Waals surface area contributed by atoms with Crippen molar-refractivity contribution in [2.75, 3.05) is 26.3 Å². The van der Waals surface area contributed by atoms with E-state index in [0.29, 0.717) is 31.8 Å². The van der Waals surface area contributed by atoms with Crippen molar-refractivity contribution in [2.45, 2.75) is 215 Å². The number of rotatable bonds is 7. The zero-order chi connectivity index (χ0) is 39.5. The van der Waals surface area contributed by atoms with Gasteiger partial charge in [0.1, 0.15) is 11.2 Å². The fourth-order valence-corrected chi connectivity index (χ4v) is 7.12. The maximum Gasteiger partial charge on any atom is 2.00 e. The molecule has 15 heteroatoms. The summed E-state index contributed by atoms with van der Waals surface area (Å²) >= 11 is 0. The van der Waals surface area contributed by atoms with Crippen LogP contribution in [-0.4, -0.2) is 122 Å². The van der Waals surface area contributed by atoms with Gasteiger partial charge in [-0.25, -0.2) is 9.59 Å². The zero-order valence-corrected chi connectivity index (χ0v) is 43.5. The maximum atomic E-state index is 12.1. The Labute approximate surface area is 398 Å². The predicted molar refractivity (Wildman–Crippen MR) is 250 cm³/mol. The molecule has 10 nitrogen and oxygen atoms in total. The van der Waals surface area contributed by atoms with E-state index in [2.05, 4.69) is 20.8 Å². The second-order valence-corrected chi connectivity index (χ2v) is 16.2. The van der Waals surface area contributed by atoms with Crippen LogP contribution in [0.4, 0.5) is 9.59 Å². The number of aliphatic hydroxyl groups is 2. The quantitative estimate of drug-likeness (QED) is 0.209. The first-order valence-electron chi connectivity index (χ1n) is 20.0. The summed E-state index contributed by atoms with van der Waals surface area (Å²) < 4.78 is 15.6. The van der Waals surface area contributed by atoms with Gasteiger partial charge in [-0.15, -0.1) is 0 Å². The van der Waals surface area contributed by atoms with Crippen molar-refractivity contribution in [3.05, 3.63) is 6.92 Å². The van der Waals surface area contributed by atoms with E-state index in [4.69, 9.17) is 14.2 Å². The van der Waals surface area contributed by atoms with Gasteiger partial charge in [0.2, 0.25) is 0 Å². The molecule has 4 rings (SSSR count). The molecule has 57 heavy (non-hydrogen) atoms. The Balaban J connectivity index is -0.000000117. The van der Waals surface area contributed by atoms with Crippen molar-refractivity contribution < 1.29 is 55.8 Å². The first-order valence-corrected chi connectivity index (χ1v) is 20.0.